The fourth-order valence-electron chi connectivity index (χ4n) is 9.15. The van der Waals surface area contributed by atoms with Crippen LogP contribution in [0.15, 0.2) is 170 Å². The molecule has 9 heteroatoms. The van der Waals surface area contributed by atoms with Gasteiger partial charge in [-0.1, -0.05) is 287 Å². The molecule has 0 aliphatic rings. The fourth-order valence-corrected chi connectivity index (χ4v) is 9.15. The molecular formula is C80H130NO8+. The number of esters is 2. The number of ether oxygens (including phenoxy) is 4. The normalized spacial score (nSPS) is 13.8. The number of aliphatic carboxylic acids is 1. The first-order valence-electron chi connectivity index (χ1n) is 35.3. The lowest BCUT2D eigenvalue weighted by Crippen LogP contribution is -2.40. The number of carboxylic acid groups (broad SMARTS) is 1. The molecule has 0 spiro atoms. The lowest BCUT2D eigenvalue weighted by molar-refractivity contribution is -0.870. The van der Waals surface area contributed by atoms with Gasteiger partial charge >= 0.3 is 17.9 Å². The molecule has 0 aromatic rings. The minimum atomic E-state index is -1.52. The predicted octanol–water partition coefficient (Wildman–Crippen LogP) is 22.2. The summed E-state index contributed by atoms with van der Waals surface area (Å²) in [6.45, 7) is 4.63. The Morgan fingerprint density at radius 3 is 0.899 bits per heavy atom. The van der Waals surface area contributed by atoms with Crippen molar-refractivity contribution < 1.29 is 42.9 Å². The Labute approximate surface area is 546 Å². The Morgan fingerprint density at radius 2 is 0.607 bits per heavy atom. The number of hydrogen-bond acceptors (Lipinski definition) is 7. The number of quaternary nitrogens is 1. The van der Waals surface area contributed by atoms with Gasteiger partial charge in [-0.25, -0.2) is 4.79 Å². The van der Waals surface area contributed by atoms with Gasteiger partial charge in [-0.2, -0.15) is 0 Å². The highest BCUT2D eigenvalue weighted by Crippen LogP contribution is 2.16. The smallest absolute Gasteiger partial charge is 0.361 e. The molecule has 0 saturated carbocycles. The number of carboxylic acids is 1. The van der Waals surface area contributed by atoms with Crippen molar-refractivity contribution in [2.75, 3.05) is 47.5 Å². The highest BCUT2D eigenvalue weighted by Gasteiger charge is 2.25. The van der Waals surface area contributed by atoms with E-state index in [2.05, 4.69) is 184 Å². The second-order valence-corrected chi connectivity index (χ2v) is 24.1. The SMILES string of the molecule is CC/C=C\C/C=C\C/C=C\C/C=C\C/C=C\C/C=C\C/C=C\C/C=C\C/C=C\C/C=C\CCCCCCCCCCCCC(=O)OC(COC(=O)CCCCCCCCCCCC/C=C\C/C=C\C/C=C\C/C=C\CC)COC(OCC[N+](C)(C)C)C(=O)O. The van der Waals surface area contributed by atoms with Gasteiger partial charge in [0.15, 0.2) is 6.10 Å². The Hall–Kier alpha value is -5.35. The van der Waals surface area contributed by atoms with Crippen molar-refractivity contribution in [1.82, 2.24) is 0 Å². The molecule has 0 radical (unpaired) electrons. The first-order chi connectivity index (χ1) is 43.6. The molecular weight excluding hydrogens is 1100 g/mol. The summed E-state index contributed by atoms with van der Waals surface area (Å²) in [6, 6.07) is 0. The second-order valence-electron chi connectivity index (χ2n) is 24.1. The predicted molar refractivity (Wildman–Crippen MR) is 382 cm³/mol. The first-order valence-corrected chi connectivity index (χ1v) is 35.3. The summed E-state index contributed by atoms with van der Waals surface area (Å²) in [7, 11) is 5.96. The molecule has 0 aromatic heterocycles. The summed E-state index contributed by atoms with van der Waals surface area (Å²) in [5.41, 5.74) is 0. The van der Waals surface area contributed by atoms with Gasteiger partial charge in [0.2, 0.25) is 0 Å². The number of nitrogens with zero attached hydrogens (tertiary/aromatic N) is 1. The van der Waals surface area contributed by atoms with Crippen LogP contribution in [-0.4, -0.2) is 87.4 Å². The summed E-state index contributed by atoms with van der Waals surface area (Å²) < 4.78 is 23.0. The summed E-state index contributed by atoms with van der Waals surface area (Å²) >= 11 is 0. The zero-order chi connectivity index (χ0) is 64.7. The maximum atomic E-state index is 12.9. The monoisotopic (exact) mass is 1230 g/mol. The van der Waals surface area contributed by atoms with Crippen molar-refractivity contribution in [2.45, 2.75) is 270 Å². The molecule has 2 unspecified atom stereocenters. The molecule has 9 nitrogen and oxygen atoms in total. The van der Waals surface area contributed by atoms with Crippen LogP contribution in [0.25, 0.3) is 0 Å². The zero-order valence-corrected chi connectivity index (χ0v) is 57.3. The second kappa shape index (κ2) is 68.6. The Bertz CT molecular complexity index is 2070. The van der Waals surface area contributed by atoms with E-state index < -0.39 is 24.3 Å². The van der Waals surface area contributed by atoms with Gasteiger partial charge in [0.25, 0.3) is 6.29 Å². The number of hydrogen-bond donors (Lipinski definition) is 1. The quantitative estimate of drug-likeness (QED) is 0.0211. The van der Waals surface area contributed by atoms with E-state index in [-0.39, 0.29) is 38.6 Å². The molecule has 0 amide bonds. The van der Waals surface area contributed by atoms with Crippen LogP contribution in [0.3, 0.4) is 0 Å². The average Bonchev–Trinajstić information content (AvgIpc) is 3.64. The largest absolute Gasteiger partial charge is 0.477 e. The lowest BCUT2D eigenvalue weighted by Gasteiger charge is -2.25. The van der Waals surface area contributed by atoms with E-state index >= 15 is 0 Å². The van der Waals surface area contributed by atoms with Crippen molar-refractivity contribution in [2.24, 2.45) is 0 Å². The van der Waals surface area contributed by atoms with E-state index in [0.29, 0.717) is 17.4 Å². The van der Waals surface area contributed by atoms with E-state index in [1.54, 1.807) is 0 Å². The lowest BCUT2D eigenvalue weighted by atomic mass is 10.0. The number of allylic oxidation sites excluding steroid dienone is 28. The number of carbonyl (C=O) groups is 3. The summed E-state index contributed by atoms with van der Waals surface area (Å²) in [4.78, 5) is 37.6. The summed E-state index contributed by atoms with van der Waals surface area (Å²) in [5.74, 6) is -2.03. The molecule has 0 fully saturated rings. The zero-order valence-electron chi connectivity index (χ0n) is 57.3. The third-order valence-electron chi connectivity index (χ3n) is 14.5. The fraction of sp³-hybridized carbons (Fsp3) is 0.613. The van der Waals surface area contributed by atoms with Gasteiger partial charge in [0, 0.05) is 12.8 Å². The highest BCUT2D eigenvalue weighted by atomic mass is 16.7. The Kier molecular flexibility index (Phi) is 64.4. The maximum Gasteiger partial charge on any atom is 0.361 e. The Balaban J connectivity index is 4.16. The van der Waals surface area contributed by atoms with Crippen LogP contribution in [-0.2, 0) is 33.3 Å². The number of unbranched alkanes of at least 4 members (excludes halogenated alkanes) is 20. The van der Waals surface area contributed by atoms with E-state index in [4.69, 9.17) is 18.9 Å². The summed E-state index contributed by atoms with van der Waals surface area (Å²) in [6.07, 6.45) is 100. The minimum absolute atomic E-state index is 0.178. The van der Waals surface area contributed by atoms with Gasteiger partial charge < -0.3 is 28.5 Å². The van der Waals surface area contributed by atoms with E-state index in [1.807, 2.05) is 21.1 Å². The van der Waals surface area contributed by atoms with Gasteiger partial charge in [-0.3, -0.25) is 9.59 Å². The molecule has 0 bridgehead atoms. The third-order valence-corrected chi connectivity index (χ3v) is 14.5. The molecule has 0 aliphatic heterocycles. The number of rotatable bonds is 63. The van der Waals surface area contributed by atoms with Gasteiger partial charge in [-0.15, -0.1) is 0 Å². The average molecular weight is 1230 g/mol. The topological polar surface area (TPSA) is 108 Å². The number of carbonyl (C=O) groups excluding carboxylic acids is 2. The number of likely N-dealkylation sites (N-methyl/N-ethyl adjacent to an activating group) is 1. The third kappa shape index (κ3) is 70.0. The minimum Gasteiger partial charge on any atom is -0.477 e. The van der Waals surface area contributed by atoms with Crippen LogP contribution in [0.1, 0.15) is 258 Å². The van der Waals surface area contributed by atoms with Crippen LogP contribution in [0.5, 0.6) is 0 Å². The molecule has 1 N–H and O–H groups in total. The van der Waals surface area contributed by atoms with Gasteiger partial charge in [0.05, 0.1) is 34.4 Å². The van der Waals surface area contributed by atoms with E-state index in [9.17, 15) is 19.5 Å². The maximum absolute atomic E-state index is 12.9. The van der Waals surface area contributed by atoms with Crippen molar-refractivity contribution in [1.29, 1.82) is 0 Å². The standard InChI is InChI=1S/C80H129NO8/c1-6-8-10-12-14-16-18-20-22-24-26-28-30-31-32-33-34-35-36-37-38-39-40-41-42-43-44-45-46-47-49-51-53-55-57-59-61-63-65-67-69-71-78(83)89-76(75-88-80(79(84)85)86-73-72-81(3,4)5)74-87-77(82)70-68-66-64-62-60-58-56-54-52-50-48-29-27-25-23-21-19-17-15-13-11-9-7-2/h8-11,14-17,20-23,26-29,31-32,34-35,37-38,40-41,43-44,46-47,76,80H,6-7,12-13,18-19,24-25,30,33,36,39,42,45,48-75H2,1-5H3/p+1/b10-8-,11-9-,16-14-,17-15-,22-20-,23-21-,28-26-,29-27-,32-31-,35-34-,38-37-,41-40-,44-43-,47-46-. The van der Waals surface area contributed by atoms with Crippen LogP contribution in [0.2, 0.25) is 0 Å². The molecule has 89 heavy (non-hydrogen) atoms. The molecule has 0 heterocycles. The van der Waals surface area contributed by atoms with Crippen LogP contribution >= 0.6 is 0 Å². The highest BCUT2D eigenvalue weighted by molar-refractivity contribution is 5.71. The van der Waals surface area contributed by atoms with Gasteiger partial charge in [0.1, 0.15) is 13.2 Å². The molecule has 0 aliphatic carbocycles. The molecule has 0 saturated heterocycles. The van der Waals surface area contributed by atoms with Gasteiger partial charge in [-0.05, 0) is 128 Å². The molecule has 0 rings (SSSR count). The molecule has 2 atom stereocenters. The van der Waals surface area contributed by atoms with Crippen molar-refractivity contribution in [3.63, 3.8) is 0 Å². The van der Waals surface area contributed by atoms with Crippen LogP contribution in [0.4, 0.5) is 0 Å². The van der Waals surface area contributed by atoms with E-state index in [1.165, 1.54) is 83.5 Å². The Morgan fingerprint density at radius 1 is 0.337 bits per heavy atom. The molecule has 0 aromatic carbocycles. The van der Waals surface area contributed by atoms with Crippen molar-refractivity contribution in [3.05, 3.63) is 170 Å². The van der Waals surface area contributed by atoms with Crippen LogP contribution < -0.4 is 0 Å². The molecule has 502 valence electrons. The first kappa shape index (κ1) is 83.7. The van der Waals surface area contributed by atoms with Crippen LogP contribution in [0, 0.1) is 0 Å². The van der Waals surface area contributed by atoms with Crippen molar-refractivity contribution in [3.8, 4) is 0 Å². The van der Waals surface area contributed by atoms with Crippen molar-refractivity contribution >= 4 is 17.9 Å². The van der Waals surface area contributed by atoms with E-state index in [0.717, 1.165) is 141 Å². The summed E-state index contributed by atoms with van der Waals surface area (Å²) in [5, 5.41) is 9.75.